The summed E-state index contributed by atoms with van der Waals surface area (Å²) in [6.45, 7) is -1.61. The average Bonchev–Trinajstić information content (AvgIpc) is 3.73. The molecule has 10 atom stereocenters. The third-order valence-corrected chi connectivity index (χ3v) is 8.47. The number of hydrogen-bond acceptors (Lipinski definition) is 17. The van der Waals surface area contributed by atoms with Crippen LogP contribution < -0.4 is 17.0 Å². The number of nitrogens with zero attached hydrogens (tertiary/aromatic N) is 6. The second-order valence-electron chi connectivity index (χ2n) is 9.78. The number of aromatic amines is 2. The van der Waals surface area contributed by atoms with Gasteiger partial charge in [0.05, 0.1) is 32.1 Å². The van der Waals surface area contributed by atoms with E-state index in [-0.39, 0.29) is 28.3 Å². The van der Waals surface area contributed by atoms with Crippen molar-refractivity contribution in [3.63, 3.8) is 0 Å². The van der Waals surface area contributed by atoms with Crippen LogP contribution in [-0.2, 0) is 32.2 Å². The Morgan fingerprint density at radius 1 is 1.13 bits per heavy atom. The molecule has 2 unspecified atom stereocenters. The van der Waals surface area contributed by atoms with Crippen molar-refractivity contribution in [3.05, 3.63) is 45.3 Å². The zero-order chi connectivity index (χ0) is 32.2. The second-order valence-corrected chi connectivity index (χ2v) is 11.9. The molecule has 0 radical (unpaired) electrons. The SMILES string of the molecule is Nc1nc2c(ncn2[C@@H]2O[C@H](CO)[C@H](O)[C@@H]2OP(=O)(O)OC[C@H]2O[C@@H](c3cnn4c(=O)[nH]cnc34)[C@@H](O)[C@H]2O[P+](=O)O)c(=O)[nH]1. The van der Waals surface area contributed by atoms with Gasteiger partial charge < -0.3 is 35.4 Å². The van der Waals surface area contributed by atoms with Crippen LogP contribution in [0.5, 0.6) is 0 Å². The van der Waals surface area contributed by atoms with E-state index in [1.165, 1.54) is 6.20 Å². The van der Waals surface area contributed by atoms with Crippen LogP contribution in [0.4, 0.5) is 5.95 Å². The standard InChI is InChI=1S/C20H23N9O14P2/c21-19-26-16-9(17(33)27-19)24-5-28(16)18-14(10(31)7(2-30)41-18)43-45(37,38)39-3-8-13(42-44(35)36)11(32)12(40-8)6-1-25-29-15(6)22-4-23-20(29)34/h1,4-5,7-8,10-14,18,30-32H,2-3H2,(H5-,21,22,23,25,26,27,33,34,35,36,37,38)/p+1/t7-,8-,10+,11-,12+,13+,14+,18-/m1/s1. The van der Waals surface area contributed by atoms with Gasteiger partial charge >= 0.3 is 21.8 Å². The largest absolute Gasteiger partial charge is 0.695 e. The molecule has 2 aliphatic rings. The van der Waals surface area contributed by atoms with Gasteiger partial charge in [-0.3, -0.25) is 28.4 Å². The third kappa shape index (κ3) is 5.80. The van der Waals surface area contributed by atoms with Gasteiger partial charge in [-0.15, -0.1) is 9.42 Å². The molecule has 45 heavy (non-hydrogen) atoms. The van der Waals surface area contributed by atoms with Gasteiger partial charge in [0.1, 0.15) is 36.6 Å². The highest BCUT2D eigenvalue weighted by molar-refractivity contribution is 7.47. The highest BCUT2D eigenvalue weighted by Gasteiger charge is 2.53. The molecule has 4 aromatic heterocycles. The Labute approximate surface area is 248 Å². The Morgan fingerprint density at radius 3 is 2.64 bits per heavy atom. The molecule has 0 amide bonds. The van der Waals surface area contributed by atoms with E-state index in [4.69, 9.17) is 28.8 Å². The molecular weight excluding hydrogens is 652 g/mol. The number of nitrogens with two attached hydrogens (primary N) is 1. The average molecular weight is 676 g/mol. The van der Waals surface area contributed by atoms with Gasteiger partial charge in [0, 0.05) is 10.1 Å². The maximum atomic E-state index is 13.1. The Hall–Kier alpha value is -3.57. The fourth-order valence-corrected chi connectivity index (χ4v) is 6.50. The fourth-order valence-electron chi connectivity index (χ4n) is 5.09. The number of fused-ring (bicyclic) bond motifs is 2. The van der Waals surface area contributed by atoms with Gasteiger partial charge in [-0.2, -0.15) is 14.6 Å². The molecule has 6 heterocycles. The summed E-state index contributed by atoms with van der Waals surface area (Å²) in [5.41, 5.74) is 4.03. The number of hydrogen-bond donors (Lipinski definition) is 8. The van der Waals surface area contributed by atoms with Crippen molar-refractivity contribution in [3.8, 4) is 0 Å². The van der Waals surface area contributed by atoms with Crippen LogP contribution in [0, 0.1) is 0 Å². The van der Waals surface area contributed by atoms with Crippen molar-refractivity contribution < 1.29 is 57.3 Å². The van der Waals surface area contributed by atoms with Crippen LogP contribution >= 0.6 is 16.1 Å². The Kier molecular flexibility index (Phi) is 8.36. The number of phosphoric acid groups is 1. The molecule has 2 fully saturated rings. The van der Waals surface area contributed by atoms with E-state index < -0.39 is 89.5 Å². The summed E-state index contributed by atoms with van der Waals surface area (Å²) in [6.07, 6.45) is -8.99. The van der Waals surface area contributed by atoms with Crippen LogP contribution in [0.15, 0.2) is 28.4 Å². The van der Waals surface area contributed by atoms with E-state index in [1.54, 1.807) is 0 Å². The van der Waals surface area contributed by atoms with Crippen LogP contribution in [0.2, 0.25) is 0 Å². The van der Waals surface area contributed by atoms with E-state index >= 15 is 0 Å². The molecule has 0 spiro atoms. The summed E-state index contributed by atoms with van der Waals surface area (Å²) in [5, 5.41) is 35.2. The molecule has 0 bridgehead atoms. The molecule has 25 heteroatoms. The first kappa shape index (κ1) is 31.4. The predicted octanol–water partition coefficient (Wildman–Crippen LogP) is -3.28. The molecule has 0 aromatic carbocycles. The van der Waals surface area contributed by atoms with Gasteiger partial charge in [-0.1, -0.05) is 0 Å². The lowest BCUT2D eigenvalue weighted by Crippen LogP contribution is -2.36. The lowest BCUT2D eigenvalue weighted by Gasteiger charge is -2.24. The van der Waals surface area contributed by atoms with Crippen molar-refractivity contribution >= 4 is 38.8 Å². The molecule has 4 aromatic rings. The van der Waals surface area contributed by atoms with Gasteiger partial charge in [0.15, 0.2) is 29.1 Å². The topological polar surface area (TPSA) is 334 Å². The van der Waals surface area contributed by atoms with E-state index in [1.807, 2.05) is 0 Å². The van der Waals surface area contributed by atoms with Crippen molar-refractivity contribution in [1.82, 2.24) is 39.1 Å². The number of aliphatic hydroxyl groups is 3. The van der Waals surface area contributed by atoms with E-state index in [9.17, 15) is 43.8 Å². The number of imidazole rings is 1. The lowest BCUT2D eigenvalue weighted by atomic mass is 10.0. The molecule has 9 N–H and O–H groups in total. The summed E-state index contributed by atoms with van der Waals surface area (Å²) in [6, 6.07) is 0. The van der Waals surface area contributed by atoms with Gasteiger partial charge in [0.2, 0.25) is 5.95 Å². The predicted molar refractivity (Wildman–Crippen MR) is 142 cm³/mol. The smallest absolute Gasteiger partial charge is 0.394 e. The Balaban J connectivity index is 1.23. The Bertz CT molecular complexity index is 1910. The molecule has 6 rings (SSSR count). The minimum Gasteiger partial charge on any atom is -0.394 e. The van der Waals surface area contributed by atoms with Gasteiger partial charge in [0.25, 0.3) is 5.56 Å². The highest BCUT2D eigenvalue weighted by Crippen LogP contribution is 2.50. The van der Waals surface area contributed by atoms with Crippen LogP contribution in [0.25, 0.3) is 16.8 Å². The number of anilines is 1. The monoisotopic (exact) mass is 676 g/mol. The third-order valence-electron chi connectivity index (χ3n) is 7.07. The zero-order valence-corrected chi connectivity index (χ0v) is 24.1. The molecule has 23 nitrogen and oxygen atoms in total. The van der Waals surface area contributed by atoms with Crippen LogP contribution in [-0.4, -0.2) is 114 Å². The van der Waals surface area contributed by atoms with Crippen LogP contribution in [0.1, 0.15) is 17.9 Å². The Morgan fingerprint density at radius 2 is 1.91 bits per heavy atom. The first-order chi connectivity index (χ1) is 21.4. The lowest BCUT2D eigenvalue weighted by molar-refractivity contribution is -0.0544. The summed E-state index contributed by atoms with van der Waals surface area (Å²) < 4.78 is 53.2. The minimum atomic E-state index is -5.19. The molecular formula is C20H24N9O14P2+. The van der Waals surface area contributed by atoms with Crippen molar-refractivity contribution in [2.75, 3.05) is 18.9 Å². The van der Waals surface area contributed by atoms with E-state index in [0.717, 1.165) is 21.7 Å². The fraction of sp³-hybridized carbons (Fsp3) is 0.500. The number of phosphoric ester groups is 1. The van der Waals surface area contributed by atoms with Crippen molar-refractivity contribution in [2.45, 2.75) is 49.0 Å². The normalized spacial score (nSPS) is 30.3. The number of nitrogen functional groups attached to an aromatic ring is 1. The summed E-state index contributed by atoms with van der Waals surface area (Å²) in [5.74, 6) is -0.287. The number of nitrogens with one attached hydrogen (secondary N) is 2. The highest BCUT2D eigenvalue weighted by atomic mass is 31.2. The number of aliphatic hydroxyl groups excluding tert-OH is 3. The zero-order valence-electron chi connectivity index (χ0n) is 22.3. The van der Waals surface area contributed by atoms with Crippen molar-refractivity contribution in [2.24, 2.45) is 0 Å². The first-order valence-corrected chi connectivity index (χ1v) is 15.4. The van der Waals surface area contributed by atoms with Crippen molar-refractivity contribution in [1.29, 1.82) is 0 Å². The molecule has 0 saturated carbocycles. The first-order valence-electron chi connectivity index (χ1n) is 12.8. The maximum absolute atomic E-state index is 13.1. The quantitative estimate of drug-likeness (QED) is 0.0763. The summed E-state index contributed by atoms with van der Waals surface area (Å²) in [4.78, 5) is 60.7. The number of H-pyrrole nitrogens is 2. The van der Waals surface area contributed by atoms with Crippen LogP contribution in [0.3, 0.4) is 0 Å². The molecule has 2 saturated heterocycles. The number of ether oxygens (including phenoxy) is 2. The number of rotatable bonds is 10. The summed E-state index contributed by atoms with van der Waals surface area (Å²) in [7, 11) is -8.50. The van der Waals surface area contributed by atoms with E-state index in [0.29, 0.717) is 0 Å². The second kappa shape index (κ2) is 12.0. The molecule has 0 aliphatic carbocycles. The van der Waals surface area contributed by atoms with Gasteiger partial charge in [-0.05, 0) is 0 Å². The number of aromatic nitrogens is 8. The molecule has 242 valence electrons. The summed E-state index contributed by atoms with van der Waals surface area (Å²) >= 11 is 0. The molecule has 2 aliphatic heterocycles. The van der Waals surface area contributed by atoms with Gasteiger partial charge in [-0.25, -0.2) is 19.3 Å². The minimum absolute atomic E-state index is 0.0161. The maximum Gasteiger partial charge on any atom is 0.695 e. The van der Waals surface area contributed by atoms with E-state index in [2.05, 4.69) is 30.0 Å².